The molecule has 11 heavy (non-hydrogen) atoms. The highest BCUT2D eigenvalue weighted by Gasteiger charge is 2.15. The molecular weight excluding hydrogens is 181 g/mol. The molecule has 0 atom stereocenters. The Bertz CT molecular complexity index is 274. The van der Waals surface area contributed by atoms with Crippen molar-refractivity contribution in [2.24, 2.45) is 0 Å². The Morgan fingerprint density at radius 3 is 2.27 bits per heavy atom. The van der Waals surface area contributed by atoms with Crippen molar-refractivity contribution >= 4 is 11.6 Å². The first-order valence-corrected chi connectivity index (χ1v) is 2.93. The zero-order valence-corrected chi connectivity index (χ0v) is 5.79. The fourth-order valence-electron chi connectivity index (χ4n) is 0.561. The number of phenols is 1. The van der Waals surface area contributed by atoms with Gasteiger partial charge in [-0.25, -0.2) is 8.78 Å². The van der Waals surface area contributed by atoms with E-state index in [1.807, 2.05) is 0 Å². The van der Waals surface area contributed by atoms with Crippen molar-refractivity contribution in [3.05, 3.63) is 28.5 Å². The third-order valence-corrected chi connectivity index (χ3v) is 1.45. The number of hydrogen-bond acceptors (Lipinski definition) is 1. The van der Waals surface area contributed by atoms with Gasteiger partial charge in [0, 0.05) is 6.07 Å². The normalized spacial score (nSPS) is 10.2. The van der Waals surface area contributed by atoms with E-state index in [4.69, 9.17) is 16.7 Å². The zero-order valence-electron chi connectivity index (χ0n) is 5.04. The van der Waals surface area contributed by atoms with Gasteiger partial charge in [-0.3, -0.25) is 0 Å². The van der Waals surface area contributed by atoms with E-state index in [0.29, 0.717) is 0 Å². The van der Waals surface area contributed by atoms with Crippen molar-refractivity contribution in [2.45, 2.75) is 0 Å². The molecule has 0 aliphatic carbocycles. The number of phenolic OH excluding ortho intramolecular Hbond substituents is 1. The number of halogens is 4. The van der Waals surface area contributed by atoms with Gasteiger partial charge in [0.05, 0.1) is 0 Å². The molecule has 0 aliphatic heterocycles. The van der Waals surface area contributed by atoms with Gasteiger partial charge in [-0.05, 0) is 0 Å². The Morgan fingerprint density at radius 1 is 1.18 bits per heavy atom. The van der Waals surface area contributed by atoms with Gasteiger partial charge in [-0.1, -0.05) is 11.6 Å². The highest BCUT2D eigenvalue weighted by molar-refractivity contribution is 6.32. The summed E-state index contributed by atoms with van der Waals surface area (Å²) in [5.41, 5.74) is 0. The molecular formula is C6H2ClF3O. The van der Waals surface area contributed by atoms with Gasteiger partial charge < -0.3 is 5.11 Å². The first-order valence-electron chi connectivity index (χ1n) is 2.56. The van der Waals surface area contributed by atoms with Crippen molar-refractivity contribution in [3.8, 4) is 5.75 Å². The van der Waals surface area contributed by atoms with Crippen molar-refractivity contribution in [2.75, 3.05) is 0 Å². The summed E-state index contributed by atoms with van der Waals surface area (Å²) < 4.78 is 36.8. The van der Waals surface area contributed by atoms with Crippen LogP contribution in [0.15, 0.2) is 6.07 Å². The molecule has 0 unspecified atom stereocenters. The Hall–Kier alpha value is -0.900. The van der Waals surface area contributed by atoms with Crippen LogP contribution in [0.3, 0.4) is 0 Å². The van der Waals surface area contributed by atoms with Crippen molar-refractivity contribution < 1.29 is 18.3 Å². The SMILES string of the molecule is Oc1c(F)c(F)cc(F)c1Cl. The van der Waals surface area contributed by atoms with Crippen molar-refractivity contribution in [1.29, 1.82) is 0 Å². The lowest BCUT2D eigenvalue weighted by atomic mass is 10.3. The smallest absolute Gasteiger partial charge is 0.202 e. The second-order valence-corrected chi connectivity index (χ2v) is 2.19. The van der Waals surface area contributed by atoms with Crippen LogP contribution in [0.4, 0.5) is 13.2 Å². The minimum Gasteiger partial charge on any atom is -0.504 e. The highest BCUT2D eigenvalue weighted by Crippen LogP contribution is 2.30. The summed E-state index contributed by atoms with van der Waals surface area (Å²) >= 11 is 5.02. The largest absolute Gasteiger partial charge is 0.504 e. The maximum absolute atomic E-state index is 12.3. The predicted octanol–water partition coefficient (Wildman–Crippen LogP) is 2.46. The molecule has 1 aromatic carbocycles. The first-order chi connectivity index (χ1) is 5.04. The standard InChI is InChI=1S/C6H2ClF3O/c7-4-2(8)1-3(9)5(10)6(4)11/h1,11H. The van der Waals surface area contributed by atoms with Crippen molar-refractivity contribution in [3.63, 3.8) is 0 Å². The van der Waals surface area contributed by atoms with Crippen LogP contribution in [0.25, 0.3) is 0 Å². The van der Waals surface area contributed by atoms with E-state index in [0.717, 1.165) is 0 Å². The molecule has 0 radical (unpaired) electrons. The van der Waals surface area contributed by atoms with Crippen LogP contribution >= 0.6 is 11.6 Å². The Balaban J connectivity index is 3.46. The summed E-state index contributed by atoms with van der Waals surface area (Å²) in [6, 6.07) is 0.261. The average Bonchev–Trinajstić information content (AvgIpc) is 1.97. The molecule has 0 heterocycles. The minimum absolute atomic E-state index is 0.261. The summed E-state index contributed by atoms with van der Waals surface area (Å²) in [7, 11) is 0. The number of aromatic hydroxyl groups is 1. The van der Waals surface area contributed by atoms with Gasteiger partial charge in [-0.2, -0.15) is 4.39 Å². The van der Waals surface area contributed by atoms with E-state index in [1.165, 1.54) is 0 Å². The lowest BCUT2D eigenvalue weighted by Crippen LogP contribution is -1.88. The molecule has 5 heteroatoms. The maximum atomic E-state index is 12.3. The van der Waals surface area contributed by atoms with E-state index in [-0.39, 0.29) is 6.07 Å². The molecule has 0 amide bonds. The van der Waals surface area contributed by atoms with Gasteiger partial charge >= 0.3 is 0 Å². The number of rotatable bonds is 0. The third-order valence-electron chi connectivity index (χ3n) is 1.09. The summed E-state index contributed by atoms with van der Waals surface area (Å²) in [6.07, 6.45) is 0. The molecule has 0 saturated carbocycles. The zero-order chi connectivity index (χ0) is 8.59. The van der Waals surface area contributed by atoms with Gasteiger partial charge in [-0.15, -0.1) is 0 Å². The van der Waals surface area contributed by atoms with E-state index >= 15 is 0 Å². The van der Waals surface area contributed by atoms with E-state index in [2.05, 4.69) is 0 Å². The molecule has 0 saturated heterocycles. The van der Waals surface area contributed by atoms with Crippen LogP contribution in [-0.2, 0) is 0 Å². The number of benzene rings is 1. The fourth-order valence-corrected chi connectivity index (χ4v) is 0.698. The van der Waals surface area contributed by atoms with Gasteiger partial charge in [0.15, 0.2) is 11.6 Å². The molecule has 0 aliphatic rings. The van der Waals surface area contributed by atoms with E-state index in [9.17, 15) is 13.2 Å². The predicted molar refractivity (Wildman–Crippen MR) is 33.0 cm³/mol. The molecule has 1 rings (SSSR count). The maximum Gasteiger partial charge on any atom is 0.202 e. The lowest BCUT2D eigenvalue weighted by Gasteiger charge is -1.99. The quantitative estimate of drug-likeness (QED) is 0.611. The average molecular weight is 183 g/mol. The monoisotopic (exact) mass is 182 g/mol. The van der Waals surface area contributed by atoms with Gasteiger partial charge in [0.25, 0.3) is 0 Å². The number of hydrogen-bond donors (Lipinski definition) is 1. The molecule has 0 fully saturated rings. The second-order valence-electron chi connectivity index (χ2n) is 1.82. The van der Waals surface area contributed by atoms with Crippen LogP contribution in [0.1, 0.15) is 0 Å². The van der Waals surface area contributed by atoms with Crippen molar-refractivity contribution in [1.82, 2.24) is 0 Å². The molecule has 1 nitrogen and oxygen atoms in total. The molecule has 0 spiro atoms. The molecule has 0 bridgehead atoms. The van der Waals surface area contributed by atoms with Crippen LogP contribution in [-0.4, -0.2) is 5.11 Å². The Morgan fingerprint density at radius 2 is 1.73 bits per heavy atom. The van der Waals surface area contributed by atoms with E-state index in [1.54, 1.807) is 0 Å². The van der Waals surface area contributed by atoms with E-state index < -0.39 is 28.2 Å². The Labute approximate surface area is 65.0 Å². The molecule has 0 aromatic heterocycles. The van der Waals surface area contributed by atoms with Crippen LogP contribution in [0, 0.1) is 17.5 Å². The van der Waals surface area contributed by atoms with Crippen LogP contribution in [0.5, 0.6) is 5.75 Å². The molecule has 1 aromatic rings. The highest BCUT2D eigenvalue weighted by atomic mass is 35.5. The second kappa shape index (κ2) is 2.62. The van der Waals surface area contributed by atoms with Crippen LogP contribution in [0.2, 0.25) is 5.02 Å². The summed E-state index contributed by atoms with van der Waals surface area (Å²) in [4.78, 5) is 0. The topological polar surface area (TPSA) is 20.2 Å². The summed E-state index contributed by atoms with van der Waals surface area (Å²) in [5, 5.41) is 7.77. The molecule has 60 valence electrons. The third kappa shape index (κ3) is 1.26. The lowest BCUT2D eigenvalue weighted by molar-refractivity contribution is 0.399. The molecule has 1 N–H and O–H groups in total. The summed E-state index contributed by atoms with van der Waals surface area (Å²) in [6.45, 7) is 0. The minimum atomic E-state index is -1.55. The Kier molecular flexibility index (Phi) is 1.95. The van der Waals surface area contributed by atoms with Gasteiger partial charge in [0.2, 0.25) is 5.82 Å². The first kappa shape index (κ1) is 8.20. The van der Waals surface area contributed by atoms with Crippen LogP contribution < -0.4 is 0 Å². The summed E-state index contributed by atoms with van der Waals surface area (Å²) in [5.74, 6) is -5.41. The fraction of sp³-hybridized carbons (Fsp3) is 0. The van der Waals surface area contributed by atoms with Gasteiger partial charge in [0.1, 0.15) is 10.8 Å².